The molecule has 5 nitrogen and oxygen atoms in total. The molecule has 0 aliphatic rings. The first-order valence-corrected chi connectivity index (χ1v) is 38.1. The Morgan fingerprint density at radius 1 is 0.273 bits per heavy atom. The number of allylic oxidation sites excluding steroid dienone is 20. The molecule has 1 atom stereocenters. The van der Waals surface area contributed by atoms with Crippen molar-refractivity contribution in [2.24, 2.45) is 0 Å². The van der Waals surface area contributed by atoms with Gasteiger partial charge >= 0.3 is 11.9 Å². The Kier molecular flexibility index (Phi) is 74.3. The molecule has 88 heavy (non-hydrogen) atoms. The first-order chi connectivity index (χ1) is 43.6. The van der Waals surface area contributed by atoms with Crippen LogP contribution in [0, 0.1) is 0 Å². The fourth-order valence-corrected chi connectivity index (χ4v) is 11.1. The molecule has 1 N–H and O–H groups in total. The molecule has 1 unspecified atom stereocenters. The number of carbonyl (C=O) groups excluding carboxylic acids is 2. The summed E-state index contributed by atoms with van der Waals surface area (Å²) in [5.41, 5.74) is 0. The predicted molar refractivity (Wildman–Crippen MR) is 389 cm³/mol. The van der Waals surface area contributed by atoms with E-state index >= 15 is 0 Å². The maximum absolute atomic E-state index is 12.4. The van der Waals surface area contributed by atoms with Crippen molar-refractivity contribution in [1.29, 1.82) is 0 Å². The van der Waals surface area contributed by atoms with Gasteiger partial charge in [-0.3, -0.25) is 9.59 Å². The maximum atomic E-state index is 12.4. The van der Waals surface area contributed by atoms with Crippen molar-refractivity contribution in [2.75, 3.05) is 13.2 Å². The Hall–Kier alpha value is -3.70. The van der Waals surface area contributed by atoms with Crippen LogP contribution in [0.25, 0.3) is 0 Å². The summed E-state index contributed by atoms with van der Waals surface area (Å²) in [4.78, 5) is 24.7. The van der Waals surface area contributed by atoms with Crippen molar-refractivity contribution >= 4 is 11.9 Å². The normalized spacial score (nSPS) is 12.9. The number of ether oxygens (including phenoxy) is 2. The number of aliphatic hydroxyl groups is 1. The van der Waals surface area contributed by atoms with Gasteiger partial charge in [0.25, 0.3) is 0 Å². The summed E-state index contributed by atoms with van der Waals surface area (Å²) in [7, 11) is 0. The molecule has 0 bridgehead atoms. The van der Waals surface area contributed by atoms with Gasteiger partial charge in [0, 0.05) is 12.8 Å². The van der Waals surface area contributed by atoms with Crippen molar-refractivity contribution in [1.82, 2.24) is 0 Å². The Labute approximate surface area is 547 Å². The van der Waals surface area contributed by atoms with Gasteiger partial charge in [-0.1, -0.05) is 392 Å². The van der Waals surface area contributed by atoms with Crippen molar-refractivity contribution in [2.45, 2.75) is 380 Å². The Morgan fingerprint density at radius 3 is 0.739 bits per heavy atom. The molecule has 0 amide bonds. The van der Waals surface area contributed by atoms with E-state index in [1.54, 1.807) is 0 Å². The van der Waals surface area contributed by atoms with Crippen LogP contribution in [0.2, 0.25) is 0 Å². The lowest BCUT2D eigenvalue weighted by molar-refractivity contribution is -0.161. The van der Waals surface area contributed by atoms with Crippen LogP contribution in [0.15, 0.2) is 122 Å². The quantitative estimate of drug-likeness (QED) is 0.0373. The molecule has 0 aliphatic carbocycles. The molecule has 0 rings (SSSR count). The van der Waals surface area contributed by atoms with Crippen LogP contribution < -0.4 is 0 Å². The van der Waals surface area contributed by atoms with Gasteiger partial charge < -0.3 is 14.6 Å². The zero-order chi connectivity index (χ0) is 63.3. The number of rotatable bonds is 70. The van der Waals surface area contributed by atoms with E-state index in [4.69, 9.17) is 9.47 Å². The molecule has 0 saturated heterocycles. The molecule has 0 spiro atoms. The van der Waals surface area contributed by atoms with Crippen LogP contribution in [0.5, 0.6) is 0 Å². The smallest absolute Gasteiger partial charge is 0.306 e. The lowest BCUT2D eigenvalue weighted by atomic mass is 10.0. The van der Waals surface area contributed by atoms with Crippen molar-refractivity contribution < 1.29 is 24.2 Å². The summed E-state index contributed by atoms with van der Waals surface area (Å²) in [6.45, 7) is 4.05. The topological polar surface area (TPSA) is 72.8 Å². The van der Waals surface area contributed by atoms with Crippen LogP contribution in [0.4, 0.5) is 0 Å². The first-order valence-electron chi connectivity index (χ1n) is 38.1. The third-order valence-corrected chi connectivity index (χ3v) is 16.8. The van der Waals surface area contributed by atoms with Crippen LogP contribution in [0.3, 0.4) is 0 Å². The Bertz CT molecular complexity index is 1720. The average molecular weight is 1220 g/mol. The van der Waals surface area contributed by atoms with Crippen LogP contribution in [-0.4, -0.2) is 36.4 Å². The lowest BCUT2D eigenvalue weighted by Gasteiger charge is -2.15. The van der Waals surface area contributed by atoms with Crippen molar-refractivity contribution in [3.63, 3.8) is 0 Å². The zero-order valence-corrected chi connectivity index (χ0v) is 58.2. The monoisotopic (exact) mass is 1220 g/mol. The molecule has 0 heterocycles. The van der Waals surface area contributed by atoms with Gasteiger partial charge in [0.15, 0.2) is 6.10 Å². The fourth-order valence-electron chi connectivity index (χ4n) is 11.1. The van der Waals surface area contributed by atoms with Gasteiger partial charge in [0.05, 0.1) is 6.61 Å². The Balaban J connectivity index is 3.49. The van der Waals surface area contributed by atoms with E-state index in [9.17, 15) is 14.7 Å². The maximum Gasteiger partial charge on any atom is 0.306 e. The predicted octanol–water partition coefficient (Wildman–Crippen LogP) is 26.9. The number of esters is 2. The van der Waals surface area contributed by atoms with E-state index in [1.165, 1.54) is 238 Å². The second kappa shape index (κ2) is 77.5. The number of unbranched alkanes of at least 4 members (excludes halogenated alkanes) is 42. The number of hydrogen-bond acceptors (Lipinski definition) is 5. The van der Waals surface area contributed by atoms with E-state index < -0.39 is 6.10 Å². The minimum absolute atomic E-state index is 0.0748. The minimum atomic E-state index is -0.789. The highest BCUT2D eigenvalue weighted by molar-refractivity contribution is 5.70. The van der Waals surface area contributed by atoms with Gasteiger partial charge in [-0.25, -0.2) is 0 Å². The summed E-state index contributed by atoms with van der Waals surface area (Å²) in [5, 5.41) is 9.72. The molecule has 0 radical (unpaired) electrons. The summed E-state index contributed by atoms with van der Waals surface area (Å²) in [5.74, 6) is -0.599. The van der Waals surface area contributed by atoms with E-state index in [2.05, 4.69) is 135 Å². The SMILES string of the molecule is CC/C=C\C/C=C\C/C=C\C/C=C\C/C=C\C/C=C\C/C=C\C/C=C\C/C=C\C/C=C\CCCCCCCCC(=O)OC(CO)COC(=O)CCCCCCCCCCCCCCCCCCCCCCCCCCCCCCCCCCCCCCC. The van der Waals surface area contributed by atoms with Crippen LogP contribution in [-0.2, 0) is 19.1 Å². The lowest BCUT2D eigenvalue weighted by Crippen LogP contribution is -2.28. The standard InChI is InChI=1S/C83H144O5/c1-3-5-7-9-11-13-15-17-19-21-23-25-27-29-31-33-35-37-39-41-43-45-47-49-51-53-55-57-59-61-63-65-67-69-71-73-75-77-82(85)87-80-81(79-84)88-83(86)78-76-74-72-70-68-66-64-62-60-58-56-54-52-50-48-46-44-42-40-38-36-34-32-30-28-26-24-22-20-18-16-14-12-10-8-6-4-2/h6,8,12,14,18,20,24,26,30,32,36,38,42,44,48,50,54,56,60,62,81,84H,3-5,7,9-11,13,15-17,19,21-23,25,27-29,31,33-35,37,39-41,43,45-47,49,51-53,55,57-59,61,63-80H2,1-2H3/b8-6-,14-12-,20-18-,26-24-,32-30-,38-36-,44-42-,50-48-,56-54-,62-60-. The number of carbonyl (C=O) groups is 2. The van der Waals surface area contributed by atoms with Gasteiger partial charge in [-0.2, -0.15) is 0 Å². The summed E-state index contributed by atoms with van der Waals surface area (Å²) >= 11 is 0. The third kappa shape index (κ3) is 74.8. The number of hydrogen-bond donors (Lipinski definition) is 1. The van der Waals surface area contributed by atoms with Crippen molar-refractivity contribution in [3.8, 4) is 0 Å². The largest absolute Gasteiger partial charge is 0.462 e. The van der Waals surface area contributed by atoms with E-state index in [1.807, 2.05) is 0 Å². The summed E-state index contributed by atoms with van der Waals surface area (Å²) in [6.07, 6.45) is 114. The van der Waals surface area contributed by atoms with E-state index in [0.717, 1.165) is 109 Å². The van der Waals surface area contributed by atoms with Gasteiger partial charge in [-0.05, 0) is 89.9 Å². The Morgan fingerprint density at radius 2 is 0.489 bits per heavy atom. The summed E-state index contributed by atoms with van der Waals surface area (Å²) < 4.78 is 10.8. The highest BCUT2D eigenvalue weighted by atomic mass is 16.6. The highest BCUT2D eigenvalue weighted by Gasteiger charge is 2.16. The molecule has 0 aromatic carbocycles. The molecule has 0 aromatic rings. The van der Waals surface area contributed by atoms with Gasteiger partial charge in [0.2, 0.25) is 0 Å². The first kappa shape index (κ1) is 84.3. The van der Waals surface area contributed by atoms with E-state index in [-0.39, 0.29) is 25.2 Å². The second-order valence-electron chi connectivity index (χ2n) is 25.4. The average Bonchev–Trinajstić information content (AvgIpc) is 3.55. The molecular weight excluding hydrogens is 1080 g/mol. The third-order valence-electron chi connectivity index (χ3n) is 16.8. The molecule has 0 saturated carbocycles. The van der Waals surface area contributed by atoms with Crippen LogP contribution >= 0.6 is 0 Å². The molecular formula is C83H144O5. The molecule has 0 aromatic heterocycles. The molecule has 0 fully saturated rings. The van der Waals surface area contributed by atoms with Crippen molar-refractivity contribution in [3.05, 3.63) is 122 Å². The zero-order valence-electron chi connectivity index (χ0n) is 58.2. The number of aliphatic hydroxyl groups excluding tert-OH is 1. The molecule has 0 aliphatic heterocycles. The molecule has 506 valence electrons. The summed E-state index contributed by atoms with van der Waals surface area (Å²) in [6, 6.07) is 0. The van der Waals surface area contributed by atoms with Gasteiger partial charge in [0.1, 0.15) is 6.61 Å². The van der Waals surface area contributed by atoms with Gasteiger partial charge in [-0.15, -0.1) is 0 Å². The van der Waals surface area contributed by atoms with E-state index in [0.29, 0.717) is 12.8 Å². The molecule has 5 heteroatoms. The fraction of sp³-hybridized carbons (Fsp3) is 0.735. The highest BCUT2D eigenvalue weighted by Crippen LogP contribution is 2.19. The second-order valence-corrected chi connectivity index (χ2v) is 25.4. The van der Waals surface area contributed by atoms with Crippen LogP contribution in [0.1, 0.15) is 373 Å². The minimum Gasteiger partial charge on any atom is -0.462 e.